The number of hydrogen-bond donors (Lipinski definition) is 1. The minimum absolute atomic E-state index is 0.261. The molecule has 0 unspecified atom stereocenters. The van der Waals surface area contributed by atoms with Gasteiger partial charge >= 0.3 is 6.18 Å². The lowest BCUT2D eigenvalue weighted by Crippen LogP contribution is -2.46. The van der Waals surface area contributed by atoms with Crippen LogP contribution in [0.15, 0.2) is 47.6 Å². The molecule has 6 nitrogen and oxygen atoms in total. The highest BCUT2D eigenvalue weighted by molar-refractivity contribution is 5.54. The Balaban J connectivity index is 1.07. The summed E-state index contributed by atoms with van der Waals surface area (Å²) in [7, 11) is 0. The molecule has 1 fully saturated rings. The quantitative estimate of drug-likeness (QED) is 0.317. The van der Waals surface area contributed by atoms with Crippen LogP contribution in [-0.2, 0) is 11.2 Å². The van der Waals surface area contributed by atoms with Crippen LogP contribution >= 0.6 is 0 Å². The maximum Gasteiger partial charge on any atom is 0.389 e. The van der Waals surface area contributed by atoms with Gasteiger partial charge in [-0.05, 0) is 68.5 Å². The first-order chi connectivity index (χ1) is 19.4. The SMILES string of the molecule is O=C=c1cccc2c1=NNN2CCCCN1CCN(c2cccc(CCCCCCCCCC(F)(F)F)c2)CC1. The van der Waals surface area contributed by atoms with Gasteiger partial charge in [-0.1, -0.05) is 50.3 Å². The number of piperazine rings is 1. The average Bonchev–Trinajstić information content (AvgIpc) is 3.37. The first-order valence-corrected chi connectivity index (χ1v) is 14.8. The van der Waals surface area contributed by atoms with E-state index >= 15 is 0 Å². The van der Waals surface area contributed by atoms with E-state index in [0.717, 1.165) is 96.3 Å². The van der Waals surface area contributed by atoms with Crippen molar-refractivity contribution in [3.05, 3.63) is 58.6 Å². The topological polar surface area (TPSA) is 51.2 Å². The van der Waals surface area contributed by atoms with E-state index in [9.17, 15) is 18.0 Å². The van der Waals surface area contributed by atoms with Crippen molar-refractivity contribution in [3.8, 4) is 0 Å². The van der Waals surface area contributed by atoms with E-state index in [1.165, 1.54) is 11.3 Å². The summed E-state index contributed by atoms with van der Waals surface area (Å²) in [6.45, 7) is 6.10. The second-order valence-corrected chi connectivity index (χ2v) is 10.9. The van der Waals surface area contributed by atoms with Gasteiger partial charge in [-0.3, -0.25) is 9.91 Å². The van der Waals surface area contributed by atoms with Crippen LogP contribution in [0.4, 0.5) is 24.5 Å². The van der Waals surface area contributed by atoms with E-state index in [0.29, 0.717) is 17.0 Å². The molecule has 40 heavy (non-hydrogen) atoms. The maximum atomic E-state index is 12.2. The molecule has 1 N–H and O–H groups in total. The molecule has 2 aliphatic heterocycles. The minimum Gasteiger partial charge on any atom is -0.369 e. The number of nitrogens with zero attached hydrogens (tertiary/aromatic N) is 4. The standard InChI is InChI=1S/C31H42F3N5O/c32-31(33,34)17-7-5-3-1-2-4-6-12-26-13-10-15-28(24-26)38-22-20-37(21-23-38)18-8-9-19-39-29-16-11-14-27(25-40)30(29)35-36-39/h10-11,13-16,24,36H,1-9,12,17-23H2. The zero-order chi connectivity index (χ0) is 28.2. The van der Waals surface area contributed by atoms with Crippen LogP contribution in [-0.4, -0.2) is 56.3 Å². The Morgan fingerprint density at radius 1 is 0.825 bits per heavy atom. The number of para-hydroxylation sites is 1. The fraction of sp³-hybridized carbons (Fsp3) is 0.581. The smallest absolute Gasteiger partial charge is 0.369 e. The molecule has 0 atom stereocenters. The van der Waals surface area contributed by atoms with E-state index in [-0.39, 0.29) is 6.42 Å². The molecule has 0 radical (unpaired) electrons. The van der Waals surface area contributed by atoms with Crippen LogP contribution in [0, 0.1) is 0 Å². The van der Waals surface area contributed by atoms with Gasteiger partial charge in [0.05, 0.1) is 10.9 Å². The first kappa shape index (κ1) is 29.9. The lowest BCUT2D eigenvalue weighted by molar-refractivity contribution is -0.135. The second kappa shape index (κ2) is 15.1. The van der Waals surface area contributed by atoms with Crippen LogP contribution in [0.3, 0.4) is 0 Å². The van der Waals surface area contributed by atoms with Crippen molar-refractivity contribution in [2.24, 2.45) is 5.10 Å². The molecule has 2 heterocycles. The number of fused-ring (bicyclic) bond motifs is 1. The molecular formula is C31H42F3N5O. The Labute approximate surface area is 235 Å². The lowest BCUT2D eigenvalue weighted by Gasteiger charge is -2.36. The third-order valence-electron chi connectivity index (χ3n) is 7.88. The van der Waals surface area contributed by atoms with E-state index < -0.39 is 12.6 Å². The Morgan fingerprint density at radius 2 is 1.52 bits per heavy atom. The molecule has 2 aliphatic rings. The second-order valence-electron chi connectivity index (χ2n) is 10.9. The molecule has 0 saturated carbocycles. The van der Waals surface area contributed by atoms with E-state index in [1.807, 2.05) is 23.1 Å². The van der Waals surface area contributed by atoms with Crippen molar-refractivity contribution < 1.29 is 18.0 Å². The third kappa shape index (κ3) is 9.27. The largest absolute Gasteiger partial charge is 0.389 e. The van der Waals surface area contributed by atoms with E-state index in [4.69, 9.17) is 0 Å². The predicted molar refractivity (Wildman–Crippen MR) is 154 cm³/mol. The normalized spacial score (nSPS) is 15.5. The summed E-state index contributed by atoms with van der Waals surface area (Å²) in [6, 6.07) is 14.5. The van der Waals surface area contributed by atoms with Gasteiger partial charge in [0, 0.05) is 44.8 Å². The van der Waals surface area contributed by atoms with Crippen molar-refractivity contribution in [2.75, 3.05) is 49.2 Å². The number of anilines is 2. The number of benzene rings is 2. The number of alkyl halides is 3. The Bertz CT molecular complexity index is 1210. The highest BCUT2D eigenvalue weighted by Crippen LogP contribution is 2.24. The van der Waals surface area contributed by atoms with Crippen molar-refractivity contribution in [1.29, 1.82) is 0 Å². The molecule has 2 aromatic rings. The van der Waals surface area contributed by atoms with Crippen molar-refractivity contribution in [2.45, 2.75) is 76.8 Å². The third-order valence-corrected chi connectivity index (χ3v) is 7.88. The van der Waals surface area contributed by atoms with Crippen LogP contribution < -0.4 is 26.0 Å². The molecular weight excluding hydrogens is 515 g/mol. The molecule has 0 bridgehead atoms. The monoisotopic (exact) mass is 557 g/mol. The molecule has 2 aromatic carbocycles. The molecule has 0 spiro atoms. The Morgan fingerprint density at radius 3 is 2.27 bits per heavy atom. The fourth-order valence-corrected chi connectivity index (χ4v) is 5.57. The van der Waals surface area contributed by atoms with Gasteiger partial charge < -0.3 is 4.90 Å². The Hall–Kier alpha value is -3.03. The number of hydrogen-bond acceptors (Lipinski definition) is 6. The summed E-state index contributed by atoms with van der Waals surface area (Å²) in [5, 5.41) is 7.44. The van der Waals surface area contributed by atoms with Crippen molar-refractivity contribution >= 4 is 17.3 Å². The van der Waals surface area contributed by atoms with E-state index in [2.05, 4.69) is 44.7 Å². The van der Waals surface area contributed by atoms with Gasteiger partial charge in [0.25, 0.3) is 0 Å². The highest BCUT2D eigenvalue weighted by Gasteiger charge is 2.25. The number of carbonyl (C=O) groups excluding carboxylic acids is 1. The maximum absolute atomic E-state index is 12.2. The van der Waals surface area contributed by atoms with Gasteiger partial charge in [-0.2, -0.15) is 18.3 Å². The molecule has 9 heteroatoms. The number of aryl methyl sites for hydroxylation is 1. The highest BCUT2D eigenvalue weighted by atomic mass is 19.4. The molecule has 0 aliphatic carbocycles. The van der Waals surface area contributed by atoms with E-state index in [1.54, 1.807) is 6.07 Å². The fourth-order valence-electron chi connectivity index (χ4n) is 5.57. The van der Waals surface area contributed by atoms with Gasteiger partial charge in [-0.15, -0.1) is 0 Å². The molecule has 1 saturated heterocycles. The minimum atomic E-state index is -4.01. The molecule has 0 aromatic heterocycles. The molecule has 0 amide bonds. The van der Waals surface area contributed by atoms with Crippen molar-refractivity contribution in [3.63, 3.8) is 0 Å². The number of nitrogens with one attached hydrogen (secondary N) is 1. The van der Waals surface area contributed by atoms with Crippen molar-refractivity contribution in [1.82, 2.24) is 10.4 Å². The van der Waals surface area contributed by atoms with Gasteiger partial charge in [0.2, 0.25) is 0 Å². The number of hydrazine groups is 1. The molecule has 4 rings (SSSR count). The summed E-state index contributed by atoms with van der Waals surface area (Å²) in [5.41, 5.74) is 6.63. The number of halogens is 3. The van der Waals surface area contributed by atoms with Crippen LogP contribution in [0.1, 0.15) is 69.8 Å². The lowest BCUT2D eigenvalue weighted by atomic mass is 10.0. The zero-order valence-electron chi connectivity index (χ0n) is 23.4. The summed E-state index contributed by atoms with van der Waals surface area (Å²) in [5.74, 6) is 1.95. The summed E-state index contributed by atoms with van der Waals surface area (Å²) >= 11 is 0. The van der Waals surface area contributed by atoms with Crippen LogP contribution in [0.25, 0.3) is 0 Å². The van der Waals surface area contributed by atoms with Gasteiger partial charge in [0.15, 0.2) is 0 Å². The van der Waals surface area contributed by atoms with Gasteiger partial charge in [-0.25, -0.2) is 10.3 Å². The zero-order valence-corrected chi connectivity index (χ0v) is 23.4. The van der Waals surface area contributed by atoms with Crippen LogP contribution in [0.5, 0.6) is 0 Å². The number of rotatable bonds is 15. The molecule has 218 valence electrons. The summed E-state index contributed by atoms with van der Waals surface area (Å²) in [4.78, 5) is 16.1. The predicted octanol–water partition coefficient (Wildman–Crippen LogP) is 4.88. The number of unbranched alkanes of at least 4 members (excludes halogenated alkanes) is 7. The summed E-state index contributed by atoms with van der Waals surface area (Å²) < 4.78 is 36.6. The summed E-state index contributed by atoms with van der Waals surface area (Å²) in [6.07, 6.45) is 4.78. The van der Waals surface area contributed by atoms with Gasteiger partial charge in [0.1, 0.15) is 11.3 Å². The first-order valence-electron chi connectivity index (χ1n) is 14.8. The van der Waals surface area contributed by atoms with Crippen LogP contribution in [0.2, 0.25) is 0 Å². The average molecular weight is 558 g/mol. The Kier molecular flexibility index (Phi) is 11.3.